The molecule has 3 aliphatic rings. The Morgan fingerprint density at radius 3 is 2.29 bits per heavy atom. The largest absolute Gasteiger partial charge is 0.493 e. The first kappa shape index (κ1) is 21.9. The first-order valence-electron chi connectivity index (χ1n) is 11.2. The number of hydrogen-bond acceptors (Lipinski definition) is 7. The van der Waals surface area contributed by atoms with E-state index in [1.165, 1.54) is 6.07 Å². The van der Waals surface area contributed by atoms with Crippen LogP contribution in [-0.4, -0.2) is 37.5 Å². The van der Waals surface area contributed by atoms with Gasteiger partial charge in [-0.25, -0.2) is 4.90 Å². The summed E-state index contributed by atoms with van der Waals surface area (Å²) in [5, 5.41) is 14.9. The zero-order valence-corrected chi connectivity index (χ0v) is 18.9. The lowest BCUT2D eigenvalue weighted by Crippen LogP contribution is -2.32. The summed E-state index contributed by atoms with van der Waals surface area (Å²) in [7, 11) is 3.13. The molecule has 2 fully saturated rings. The highest BCUT2D eigenvalue weighted by Gasteiger charge is 2.59. The standard InChI is InChI=1S/C25H25N3O6/c1-33-20-8-3-14(11-21(20)34-2)9-10-26-18-7-6-17(13-19(18)28(31)32)27-24(29)22-15-4-5-16(12-15)23(22)25(27)30/h3-8,11,13,15-16,22-23,26H,9-10,12H2,1-2H3/t15-,16-,22-,23-/m0/s1. The van der Waals surface area contributed by atoms with E-state index in [4.69, 9.17) is 9.47 Å². The number of amides is 2. The molecular weight excluding hydrogens is 438 g/mol. The highest BCUT2D eigenvalue weighted by atomic mass is 16.6. The number of hydrogen-bond donors (Lipinski definition) is 1. The third-order valence-electron chi connectivity index (χ3n) is 7.08. The summed E-state index contributed by atoms with van der Waals surface area (Å²) in [5.41, 5.74) is 1.38. The molecule has 1 aliphatic heterocycles. The Morgan fingerprint density at radius 2 is 1.68 bits per heavy atom. The Morgan fingerprint density at radius 1 is 1.00 bits per heavy atom. The number of nitrogens with one attached hydrogen (secondary N) is 1. The number of benzene rings is 2. The molecule has 0 unspecified atom stereocenters. The molecule has 9 nitrogen and oxygen atoms in total. The number of imide groups is 1. The van der Waals surface area contributed by atoms with Crippen LogP contribution in [0.25, 0.3) is 0 Å². The molecule has 34 heavy (non-hydrogen) atoms. The van der Waals surface area contributed by atoms with Crippen molar-refractivity contribution >= 4 is 28.9 Å². The van der Waals surface area contributed by atoms with Gasteiger partial charge in [0.25, 0.3) is 5.69 Å². The number of nitro groups is 1. The lowest BCUT2D eigenvalue weighted by molar-refractivity contribution is -0.383. The van der Waals surface area contributed by atoms with E-state index >= 15 is 0 Å². The van der Waals surface area contributed by atoms with Gasteiger partial charge in [-0.3, -0.25) is 19.7 Å². The third-order valence-corrected chi connectivity index (χ3v) is 7.08. The molecule has 1 saturated carbocycles. The average molecular weight is 463 g/mol. The quantitative estimate of drug-likeness (QED) is 0.276. The maximum atomic E-state index is 13.0. The first-order chi connectivity index (χ1) is 16.4. The van der Waals surface area contributed by atoms with Gasteiger partial charge in [0.1, 0.15) is 5.69 Å². The van der Waals surface area contributed by atoms with E-state index in [1.54, 1.807) is 26.4 Å². The summed E-state index contributed by atoms with van der Waals surface area (Å²) in [5.74, 6) is 0.216. The highest BCUT2D eigenvalue weighted by Crippen LogP contribution is 2.53. The molecule has 1 saturated heterocycles. The van der Waals surface area contributed by atoms with Crippen LogP contribution < -0.4 is 19.7 Å². The molecule has 2 bridgehead atoms. The monoisotopic (exact) mass is 463 g/mol. The van der Waals surface area contributed by atoms with E-state index in [-0.39, 0.29) is 46.9 Å². The van der Waals surface area contributed by atoms with Gasteiger partial charge in [-0.05, 0) is 54.5 Å². The topological polar surface area (TPSA) is 111 Å². The molecular formula is C25H25N3O6. The molecule has 2 aromatic rings. The summed E-state index contributed by atoms with van der Waals surface area (Å²) in [6.07, 6.45) is 5.48. The van der Waals surface area contributed by atoms with Crippen molar-refractivity contribution in [1.82, 2.24) is 0 Å². The Kier molecular flexibility index (Phi) is 5.47. The maximum absolute atomic E-state index is 13.0. The molecule has 2 aliphatic carbocycles. The summed E-state index contributed by atoms with van der Waals surface area (Å²) in [6, 6.07) is 10.0. The number of rotatable bonds is 8. The van der Waals surface area contributed by atoms with Crippen LogP contribution in [0.2, 0.25) is 0 Å². The van der Waals surface area contributed by atoms with Crippen molar-refractivity contribution in [2.45, 2.75) is 12.8 Å². The van der Waals surface area contributed by atoms with Gasteiger partial charge in [-0.1, -0.05) is 18.2 Å². The molecule has 0 radical (unpaired) electrons. The molecule has 0 spiro atoms. The van der Waals surface area contributed by atoms with Crippen LogP contribution in [0.3, 0.4) is 0 Å². The predicted octanol–water partition coefficient (Wildman–Crippen LogP) is 3.58. The van der Waals surface area contributed by atoms with Crippen molar-refractivity contribution in [3.63, 3.8) is 0 Å². The number of methoxy groups -OCH3 is 2. The molecule has 2 aromatic carbocycles. The SMILES string of the molecule is COc1ccc(CCNc2ccc(N3C(=O)[C@@H]4[C@@H](C3=O)[C@H]3C=C[C@H]4C3)cc2[N+](=O)[O-])cc1OC. The van der Waals surface area contributed by atoms with Crippen LogP contribution in [0.5, 0.6) is 11.5 Å². The van der Waals surface area contributed by atoms with Gasteiger partial charge >= 0.3 is 0 Å². The number of nitro benzene ring substituents is 1. The zero-order chi connectivity index (χ0) is 24.0. The van der Waals surface area contributed by atoms with Crippen LogP contribution in [0.15, 0.2) is 48.6 Å². The highest BCUT2D eigenvalue weighted by molar-refractivity contribution is 6.23. The second-order valence-electron chi connectivity index (χ2n) is 8.84. The van der Waals surface area contributed by atoms with Gasteiger partial charge in [-0.2, -0.15) is 0 Å². The fourth-order valence-electron chi connectivity index (χ4n) is 5.49. The second kappa shape index (κ2) is 8.48. The molecule has 0 aromatic heterocycles. The number of carbonyl (C=O) groups is 2. The number of anilines is 2. The smallest absolute Gasteiger partial charge is 0.294 e. The minimum absolute atomic E-state index is 0.0870. The second-order valence-corrected chi connectivity index (χ2v) is 8.84. The summed E-state index contributed by atoms with van der Waals surface area (Å²) >= 11 is 0. The van der Waals surface area contributed by atoms with Crippen molar-refractivity contribution < 1.29 is 24.0 Å². The van der Waals surface area contributed by atoms with Crippen molar-refractivity contribution in [2.24, 2.45) is 23.7 Å². The first-order valence-corrected chi connectivity index (χ1v) is 11.2. The number of allylic oxidation sites excluding steroid dienone is 2. The number of nitrogens with zero attached hydrogens (tertiary/aromatic N) is 2. The lowest BCUT2D eigenvalue weighted by Gasteiger charge is -2.18. The molecule has 4 atom stereocenters. The Hall–Kier alpha value is -3.88. The fraction of sp³-hybridized carbons (Fsp3) is 0.360. The van der Waals surface area contributed by atoms with E-state index in [0.717, 1.165) is 16.9 Å². The molecule has 1 heterocycles. The average Bonchev–Trinajstić information content (AvgIpc) is 3.52. The lowest BCUT2D eigenvalue weighted by atomic mass is 9.85. The minimum atomic E-state index is -0.501. The number of carbonyl (C=O) groups excluding carboxylic acids is 2. The van der Waals surface area contributed by atoms with Crippen molar-refractivity contribution in [2.75, 3.05) is 31.0 Å². The van der Waals surface area contributed by atoms with Gasteiger partial charge in [0, 0.05) is 12.6 Å². The van der Waals surface area contributed by atoms with Crippen molar-refractivity contribution in [3.05, 3.63) is 64.2 Å². The Balaban J connectivity index is 1.32. The molecule has 1 N–H and O–H groups in total. The Bertz CT molecular complexity index is 1180. The molecule has 9 heteroatoms. The fourth-order valence-corrected chi connectivity index (χ4v) is 5.49. The molecule has 5 rings (SSSR count). The summed E-state index contributed by atoms with van der Waals surface area (Å²) in [6.45, 7) is 0.441. The summed E-state index contributed by atoms with van der Waals surface area (Å²) in [4.78, 5) is 38.5. The van der Waals surface area contributed by atoms with Gasteiger partial charge in [0.2, 0.25) is 11.8 Å². The maximum Gasteiger partial charge on any atom is 0.294 e. The van der Waals surface area contributed by atoms with Crippen LogP contribution >= 0.6 is 0 Å². The zero-order valence-electron chi connectivity index (χ0n) is 18.9. The molecule has 176 valence electrons. The van der Waals surface area contributed by atoms with E-state index in [2.05, 4.69) is 5.32 Å². The number of fused-ring (bicyclic) bond motifs is 5. The van der Waals surface area contributed by atoms with Crippen LogP contribution in [0, 0.1) is 33.8 Å². The predicted molar refractivity (Wildman–Crippen MR) is 125 cm³/mol. The van der Waals surface area contributed by atoms with Gasteiger partial charge < -0.3 is 14.8 Å². The third kappa shape index (κ3) is 3.48. The van der Waals surface area contributed by atoms with E-state index < -0.39 is 4.92 Å². The van der Waals surface area contributed by atoms with Gasteiger partial charge in [0.15, 0.2) is 11.5 Å². The minimum Gasteiger partial charge on any atom is -0.493 e. The normalized spacial score (nSPS) is 24.5. The molecule has 2 amide bonds. The van der Waals surface area contributed by atoms with Gasteiger partial charge in [-0.15, -0.1) is 0 Å². The van der Waals surface area contributed by atoms with Crippen LogP contribution in [0.1, 0.15) is 12.0 Å². The number of ether oxygens (including phenoxy) is 2. The van der Waals surface area contributed by atoms with E-state index in [1.807, 2.05) is 30.4 Å². The van der Waals surface area contributed by atoms with E-state index in [0.29, 0.717) is 30.2 Å². The van der Waals surface area contributed by atoms with Crippen LogP contribution in [-0.2, 0) is 16.0 Å². The van der Waals surface area contributed by atoms with Crippen molar-refractivity contribution in [3.8, 4) is 11.5 Å². The Labute approximate surface area is 196 Å². The van der Waals surface area contributed by atoms with Crippen molar-refractivity contribution in [1.29, 1.82) is 0 Å². The van der Waals surface area contributed by atoms with Crippen LogP contribution in [0.4, 0.5) is 17.1 Å². The van der Waals surface area contributed by atoms with Gasteiger partial charge in [0.05, 0.1) is 36.7 Å². The summed E-state index contributed by atoms with van der Waals surface area (Å²) < 4.78 is 10.6. The van der Waals surface area contributed by atoms with E-state index in [9.17, 15) is 19.7 Å².